The molecule has 1 amide bonds. The summed E-state index contributed by atoms with van der Waals surface area (Å²) in [5.74, 6) is -0.365. The van der Waals surface area contributed by atoms with Crippen LogP contribution in [-0.4, -0.2) is 39.8 Å². The lowest BCUT2D eigenvalue weighted by Gasteiger charge is -2.19. The molecule has 26 heavy (non-hydrogen) atoms. The highest BCUT2D eigenvalue weighted by Crippen LogP contribution is 2.28. The van der Waals surface area contributed by atoms with Gasteiger partial charge in [-0.25, -0.2) is 4.39 Å². The van der Waals surface area contributed by atoms with Crippen molar-refractivity contribution in [3.8, 4) is 12.1 Å². The van der Waals surface area contributed by atoms with E-state index in [9.17, 15) is 9.18 Å². The number of anilines is 2. The van der Waals surface area contributed by atoms with Crippen LogP contribution in [0.3, 0.4) is 0 Å². The average molecular weight is 390 g/mol. The van der Waals surface area contributed by atoms with Crippen LogP contribution in [0.15, 0.2) is 28.6 Å². The van der Waals surface area contributed by atoms with Gasteiger partial charge in [0, 0.05) is 18.8 Å². The van der Waals surface area contributed by atoms with Crippen LogP contribution in [0.4, 0.5) is 15.2 Å². The van der Waals surface area contributed by atoms with Gasteiger partial charge in [0.2, 0.25) is 11.0 Å². The van der Waals surface area contributed by atoms with Crippen LogP contribution >= 0.6 is 23.1 Å². The van der Waals surface area contributed by atoms with E-state index in [1.807, 2.05) is 12.1 Å². The van der Waals surface area contributed by atoms with Crippen LogP contribution in [-0.2, 0) is 4.79 Å². The second-order valence-electron chi connectivity index (χ2n) is 4.99. The summed E-state index contributed by atoms with van der Waals surface area (Å²) in [7, 11) is 0. The molecule has 1 heterocycles. The van der Waals surface area contributed by atoms with Crippen molar-refractivity contribution in [2.75, 3.05) is 24.2 Å². The highest BCUT2D eigenvalue weighted by atomic mass is 32.2. The number of carbonyl (C=O) groups excluding carboxylic acids is 1. The summed E-state index contributed by atoms with van der Waals surface area (Å²) in [5.41, 5.74) is 0.563. The van der Waals surface area contributed by atoms with E-state index < -0.39 is 0 Å². The quantitative estimate of drug-likeness (QED) is 0.656. The molecule has 0 aliphatic rings. The number of amides is 1. The number of hydrogen-bond acceptors (Lipinski definition) is 8. The summed E-state index contributed by atoms with van der Waals surface area (Å²) in [6, 6.07) is 9.99. The van der Waals surface area contributed by atoms with Gasteiger partial charge in [-0.1, -0.05) is 29.2 Å². The monoisotopic (exact) mass is 390 g/mol. The number of thioether (sulfide) groups is 1. The molecule has 0 bridgehead atoms. The van der Waals surface area contributed by atoms with Crippen LogP contribution in [0.5, 0.6) is 0 Å². The zero-order chi connectivity index (χ0) is 18.8. The Hall–Kier alpha value is -2.69. The first kappa shape index (κ1) is 19.6. The minimum Gasteiger partial charge on any atom is -0.340 e. The fraction of sp³-hybridized carbons (Fsp3) is 0.312. The number of carbonyl (C=O) groups is 1. The molecular weight excluding hydrogens is 375 g/mol. The second-order valence-corrected chi connectivity index (χ2v) is 7.19. The molecule has 0 aliphatic heterocycles. The predicted octanol–water partition coefficient (Wildman–Crippen LogP) is 3.17. The normalized spacial score (nSPS) is 9.96. The number of hydrogen-bond donors (Lipinski definition) is 1. The van der Waals surface area contributed by atoms with Crippen LogP contribution < -0.4 is 5.32 Å². The van der Waals surface area contributed by atoms with Gasteiger partial charge >= 0.3 is 0 Å². The molecule has 0 aliphatic carbocycles. The lowest BCUT2D eigenvalue weighted by molar-refractivity contribution is -0.128. The number of nitrogens with one attached hydrogen (secondary N) is 1. The first-order valence-electron chi connectivity index (χ1n) is 7.63. The number of nitrogens with zero attached hydrogens (tertiary/aromatic N) is 5. The number of halogens is 1. The largest absolute Gasteiger partial charge is 0.340 e. The molecule has 134 valence electrons. The van der Waals surface area contributed by atoms with Gasteiger partial charge in [-0.05, 0) is 18.2 Å². The smallest absolute Gasteiger partial charge is 0.233 e. The maximum Gasteiger partial charge on any atom is 0.233 e. The molecule has 0 atom stereocenters. The van der Waals surface area contributed by atoms with Crippen molar-refractivity contribution in [1.82, 2.24) is 15.1 Å². The fourth-order valence-corrected chi connectivity index (χ4v) is 3.63. The third-order valence-electron chi connectivity index (χ3n) is 3.14. The Morgan fingerprint density at radius 2 is 2.00 bits per heavy atom. The van der Waals surface area contributed by atoms with Crippen LogP contribution in [0.2, 0.25) is 0 Å². The van der Waals surface area contributed by atoms with Gasteiger partial charge in [0.25, 0.3) is 0 Å². The van der Waals surface area contributed by atoms with Crippen molar-refractivity contribution >= 4 is 39.8 Å². The molecule has 0 unspecified atom stereocenters. The first-order chi connectivity index (χ1) is 12.6. The van der Waals surface area contributed by atoms with Crippen molar-refractivity contribution in [2.45, 2.75) is 17.2 Å². The molecule has 0 spiro atoms. The molecule has 1 aromatic heterocycles. The van der Waals surface area contributed by atoms with Crippen molar-refractivity contribution in [3.63, 3.8) is 0 Å². The molecule has 7 nitrogen and oxygen atoms in total. The minimum atomic E-state index is -0.352. The lowest BCUT2D eigenvalue weighted by atomic mass is 10.3. The van der Waals surface area contributed by atoms with E-state index in [1.165, 1.54) is 40.1 Å². The summed E-state index contributed by atoms with van der Waals surface area (Å²) in [6.45, 7) is 0.611. The van der Waals surface area contributed by atoms with Gasteiger partial charge in [-0.3, -0.25) is 4.79 Å². The highest BCUT2D eigenvalue weighted by Gasteiger charge is 2.15. The molecule has 0 fully saturated rings. The first-order valence-corrected chi connectivity index (χ1v) is 9.43. The van der Waals surface area contributed by atoms with E-state index in [1.54, 1.807) is 12.1 Å². The van der Waals surface area contributed by atoms with Crippen LogP contribution in [0.1, 0.15) is 12.8 Å². The molecule has 2 aromatic rings. The van der Waals surface area contributed by atoms with E-state index >= 15 is 0 Å². The molecule has 1 aromatic carbocycles. The zero-order valence-electron chi connectivity index (χ0n) is 13.7. The number of nitriles is 2. The number of aromatic nitrogens is 2. The Balaban J connectivity index is 1.88. The van der Waals surface area contributed by atoms with E-state index in [-0.39, 0.29) is 30.3 Å². The summed E-state index contributed by atoms with van der Waals surface area (Å²) < 4.78 is 13.8. The Morgan fingerprint density at radius 3 is 2.65 bits per heavy atom. The van der Waals surface area contributed by atoms with Crippen molar-refractivity contribution < 1.29 is 9.18 Å². The summed E-state index contributed by atoms with van der Waals surface area (Å²) in [6.07, 6.45) is 0.449. The van der Waals surface area contributed by atoms with E-state index in [2.05, 4.69) is 15.5 Å². The predicted molar refractivity (Wildman–Crippen MR) is 97.4 cm³/mol. The molecule has 0 saturated carbocycles. The molecule has 0 radical (unpaired) electrons. The van der Waals surface area contributed by atoms with Crippen molar-refractivity contribution in [2.24, 2.45) is 0 Å². The molecule has 2 rings (SSSR count). The Bertz CT molecular complexity index is 811. The second kappa shape index (κ2) is 10.3. The third kappa shape index (κ3) is 6.31. The van der Waals surface area contributed by atoms with Crippen LogP contribution in [0, 0.1) is 28.5 Å². The highest BCUT2D eigenvalue weighted by molar-refractivity contribution is 8.01. The molecule has 1 N–H and O–H groups in total. The number of benzene rings is 1. The molecule has 0 saturated heterocycles. The lowest BCUT2D eigenvalue weighted by Crippen LogP contribution is -2.34. The van der Waals surface area contributed by atoms with Gasteiger partial charge in [-0.2, -0.15) is 10.5 Å². The van der Waals surface area contributed by atoms with Gasteiger partial charge in [0.05, 0.1) is 30.7 Å². The standard InChI is InChI=1S/C16H15FN6OS2/c17-12-4-1-5-13(10-12)20-15-21-22-16(26-15)25-11-14(24)23(8-2-6-18)9-3-7-19/h1,4-5,10H,2-3,8-9,11H2,(H,20,21). The minimum absolute atomic E-state index is 0.144. The zero-order valence-corrected chi connectivity index (χ0v) is 15.3. The van der Waals surface area contributed by atoms with E-state index in [0.29, 0.717) is 28.2 Å². The Morgan fingerprint density at radius 1 is 1.27 bits per heavy atom. The summed E-state index contributed by atoms with van der Waals surface area (Å²) in [5, 5.41) is 28.7. The maximum atomic E-state index is 13.2. The average Bonchev–Trinajstić information content (AvgIpc) is 3.07. The Labute approximate surface area is 158 Å². The Kier molecular flexibility index (Phi) is 7.80. The number of rotatable bonds is 9. The fourth-order valence-electron chi connectivity index (χ4n) is 1.95. The van der Waals surface area contributed by atoms with Crippen molar-refractivity contribution in [1.29, 1.82) is 10.5 Å². The van der Waals surface area contributed by atoms with E-state index in [0.717, 1.165) is 0 Å². The van der Waals surface area contributed by atoms with Crippen LogP contribution in [0.25, 0.3) is 0 Å². The summed E-state index contributed by atoms with van der Waals surface area (Å²) >= 11 is 2.49. The topological polar surface area (TPSA) is 106 Å². The van der Waals surface area contributed by atoms with Gasteiger partial charge in [0.15, 0.2) is 4.34 Å². The van der Waals surface area contributed by atoms with Gasteiger partial charge in [0.1, 0.15) is 5.82 Å². The maximum absolute atomic E-state index is 13.2. The molecular formula is C16H15FN6OS2. The van der Waals surface area contributed by atoms with Gasteiger partial charge in [-0.15, -0.1) is 10.2 Å². The summed E-state index contributed by atoms with van der Waals surface area (Å²) in [4.78, 5) is 13.8. The van der Waals surface area contributed by atoms with E-state index in [4.69, 9.17) is 10.5 Å². The third-order valence-corrected chi connectivity index (χ3v) is 5.10. The SMILES string of the molecule is N#CCCN(CCC#N)C(=O)CSc1nnc(Nc2cccc(F)c2)s1. The van der Waals surface area contributed by atoms with Gasteiger partial charge < -0.3 is 10.2 Å². The van der Waals surface area contributed by atoms with Crippen molar-refractivity contribution in [3.05, 3.63) is 30.1 Å². The molecule has 10 heteroatoms.